The molecule has 1 N–H and O–H groups in total. The number of imidazole rings is 1. The van der Waals surface area contributed by atoms with Crippen molar-refractivity contribution < 1.29 is 9.72 Å². The number of benzene rings is 1. The maximum Gasteiger partial charge on any atom is 0.270 e. The summed E-state index contributed by atoms with van der Waals surface area (Å²) in [6.45, 7) is 1.83. The first-order valence-corrected chi connectivity index (χ1v) is 10.5. The van der Waals surface area contributed by atoms with Crippen LogP contribution in [0.4, 0.5) is 10.8 Å². The number of nitrogens with zero attached hydrogens (tertiary/aromatic N) is 4. The van der Waals surface area contributed by atoms with E-state index in [0.29, 0.717) is 22.4 Å². The highest BCUT2D eigenvalue weighted by molar-refractivity contribution is 8.00. The maximum absolute atomic E-state index is 12.5. The van der Waals surface area contributed by atoms with Crippen LogP contribution in [0.2, 0.25) is 0 Å². The van der Waals surface area contributed by atoms with Gasteiger partial charge in [0.1, 0.15) is 0 Å². The van der Waals surface area contributed by atoms with Crippen LogP contribution in [0.1, 0.15) is 25.8 Å². The predicted molar refractivity (Wildman–Crippen MR) is 109 cm³/mol. The van der Waals surface area contributed by atoms with E-state index in [9.17, 15) is 14.9 Å². The fourth-order valence-corrected chi connectivity index (χ4v) is 4.34. The first-order valence-electron chi connectivity index (χ1n) is 8.72. The Morgan fingerprint density at radius 2 is 2.29 bits per heavy atom. The lowest BCUT2D eigenvalue weighted by Crippen LogP contribution is -2.22. The Morgan fingerprint density at radius 1 is 1.46 bits per heavy atom. The van der Waals surface area contributed by atoms with E-state index in [2.05, 4.69) is 19.9 Å². The molecule has 0 aliphatic heterocycles. The number of carbonyl (C=O) groups is 1. The Bertz CT molecular complexity index is 1030. The number of carbonyl (C=O) groups excluding carboxylic acids is 1. The average Bonchev–Trinajstić information content (AvgIpc) is 3.24. The lowest BCUT2D eigenvalue weighted by Gasteiger charge is -2.11. The van der Waals surface area contributed by atoms with Gasteiger partial charge in [0.25, 0.3) is 5.69 Å². The maximum atomic E-state index is 12.5. The minimum Gasteiger partial charge on any atom is -0.323 e. The highest BCUT2D eigenvalue weighted by Gasteiger charge is 2.27. The smallest absolute Gasteiger partial charge is 0.270 e. The number of non-ortho nitro benzene ring substituents is 1. The van der Waals surface area contributed by atoms with Crippen LogP contribution in [0.25, 0.3) is 11.3 Å². The number of amides is 1. The van der Waals surface area contributed by atoms with E-state index in [1.54, 1.807) is 23.7 Å². The van der Waals surface area contributed by atoms with Gasteiger partial charge in [0.15, 0.2) is 10.3 Å². The molecule has 0 saturated heterocycles. The van der Waals surface area contributed by atoms with E-state index in [1.165, 1.54) is 35.2 Å². The van der Waals surface area contributed by atoms with Crippen LogP contribution in [0.5, 0.6) is 0 Å². The summed E-state index contributed by atoms with van der Waals surface area (Å²) < 4.78 is 2.12. The van der Waals surface area contributed by atoms with Gasteiger partial charge in [-0.3, -0.25) is 14.9 Å². The molecule has 1 fully saturated rings. The molecule has 1 atom stereocenters. The molecule has 1 amide bonds. The number of nitro benzene ring substituents is 1. The molecule has 8 nitrogen and oxygen atoms in total. The van der Waals surface area contributed by atoms with Crippen molar-refractivity contribution in [3.8, 4) is 11.3 Å². The Hall–Kier alpha value is -2.72. The molecule has 144 valence electrons. The average molecular weight is 416 g/mol. The number of hydrogen-bond donors (Lipinski definition) is 1. The van der Waals surface area contributed by atoms with E-state index in [0.717, 1.165) is 18.0 Å². The van der Waals surface area contributed by atoms with Crippen LogP contribution in [0, 0.1) is 10.1 Å². The van der Waals surface area contributed by atoms with Gasteiger partial charge in [0.05, 0.1) is 15.9 Å². The molecule has 1 aromatic carbocycles. The summed E-state index contributed by atoms with van der Waals surface area (Å²) in [5, 5.41) is 16.5. The molecule has 0 bridgehead atoms. The normalized spacial score (nSPS) is 14.6. The topological polar surface area (TPSA) is 103 Å². The van der Waals surface area contributed by atoms with Crippen molar-refractivity contribution in [2.24, 2.45) is 0 Å². The molecule has 0 radical (unpaired) electrons. The summed E-state index contributed by atoms with van der Waals surface area (Å²) in [6.07, 6.45) is 6.03. The van der Waals surface area contributed by atoms with E-state index in [-0.39, 0.29) is 16.8 Å². The van der Waals surface area contributed by atoms with E-state index >= 15 is 0 Å². The number of nitro groups is 1. The number of rotatable bonds is 7. The van der Waals surface area contributed by atoms with Crippen LogP contribution in [0.3, 0.4) is 0 Å². The Labute approximate surface area is 169 Å². The van der Waals surface area contributed by atoms with Gasteiger partial charge in [-0.25, -0.2) is 9.97 Å². The second-order valence-corrected chi connectivity index (χ2v) is 8.61. The van der Waals surface area contributed by atoms with E-state index < -0.39 is 4.92 Å². The largest absolute Gasteiger partial charge is 0.323 e. The fraction of sp³-hybridized carbons (Fsp3) is 0.278. The van der Waals surface area contributed by atoms with Crippen molar-refractivity contribution >= 4 is 39.8 Å². The van der Waals surface area contributed by atoms with Crippen molar-refractivity contribution in [3.63, 3.8) is 0 Å². The highest BCUT2D eigenvalue weighted by Crippen LogP contribution is 2.38. The quantitative estimate of drug-likeness (QED) is 0.349. The summed E-state index contributed by atoms with van der Waals surface area (Å²) in [4.78, 5) is 31.8. The number of thioether (sulfide) groups is 1. The zero-order chi connectivity index (χ0) is 19.7. The highest BCUT2D eigenvalue weighted by atomic mass is 32.2. The summed E-state index contributed by atoms with van der Waals surface area (Å²) >= 11 is 2.71. The SMILES string of the molecule is CC(Sc1nccn1C1CC1)C(=O)Nc1nc(-c2cccc([N+](=O)[O-])c2)cs1. The Balaban J connectivity index is 1.41. The molecule has 2 heterocycles. The van der Waals surface area contributed by atoms with E-state index in [1.807, 2.05) is 13.1 Å². The van der Waals surface area contributed by atoms with Crippen LogP contribution < -0.4 is 5.32 Å². The molecule has 3 aromatic rings. The van der Waals surface area contributed by atoms with Gasteiger partial charge in [0, 0.05) is 41.5 Å². The van der Waals surface area contributed by atoms with Crippen molar-refractivity contribution in [1.82, 2.24) is 14.5 Å². The third-order valence-electron chi connectivity index (χ3n) is 4.31. The number of anilines is 1. The lowest BCUT2D eigenvalue weighted by atomic mass is 10.1. The third-order valence-corrected chi connectivity index (χ3v) is 6.16. The second-order valence-electron chi connectivity index (χ2n) is 6.44. The van der Waals surface area contributed by atoms with Crippen LogP contribution in [-0.2, 0) is 4.79 Å². The molecular formula is C18H17N5O3S2. The Kier molecular flexibility index (Phi) is 5.14. The summed E-state index contributed by atoms with van der Waals surface area (Å²) in [6, 6.07) is 6.78. The van der Waals surface area contributed by atoms with Crippen LogP contribution >= 0.6 is 23.1 Å². The van der Waals surface area contributed by atoms with Crippen molar-refractivity contribution in [1.29, 1.82) is 0 Å². The number of hydrogen-bond acceptors (Lipinski definition) is 7. The minimum atomic E-state index is -0.441. The molecule has 10 heteroatoms. The van der Waals surface area contributed by atoms with Crippen LogP contribution in [-0.4, -0.2) is 30.6 Å². The van der Waals surface area contributed by atoms with Crippen molar-refractivity contribution in [2.75, 3.05) is 5.32 Å². The van der Waals surface area contributed by atoms with Gasteiger partial charge in [-0.1, -0.05) is 23.9 Å². The van der Waals surface area contributed by atoms with E-state index in [4.69, 9.17) is 0 Å². The van der Waals surface area contributed by atoms with Gasteiger partial charge in [0.2, 0.25) is 5.91 Å². The van der Waals surface area contributed by atoms with Crippen molar-refractivity contribution in [2.45, 2.75) is 36.2 Å². The van der Waals surface area contributed by atoms with Crippen molar-refractivity contribution in [3.05, 3.63) is 52.2 Å². The first kappa shape index (κ1) is 18.6. The zero-order valence-electron chi connectivity index (χ0n) is 14.9. The number of thiazole rings is 1. The molecule has 28 heavy (non-hydrogen) atoms. The Morgan fingerprint density at radius 3 is 3.04 bits per heavy atom. The summed E-state index contributed by atoms with van der Waals surface area (Å²) in [7, 11) is 0. The molecule has 1 unspecified atom stereocenters. The number of nitrogens with one attached hydrogen (secondary N) is 1. The molecule has 0 spiro atoms. The monoisotopic (exact) mass is 415 g/mol. The standard InChI is InChI=1S/C18H17N5O3S2/c1-11(28-18-19-7-8-22(18)13-5-6-13)16(24)21-17-20-15(10-27-17)12-3-2-4-14(9-12)23(25)26/h2-4,7-11,13H,5-6H2,1H3,(H,20,21,24). The predicted octanol–water partition coefficient (Wildman–Crippen LogP) is 4.37. The van der Waals surface area contributed by atoms with Gasteiger partial charge in [-0.2, -0.15) is 0 Å². The van der Waals surface area contributed by atoms with Gasteiger partial charge >= 0.3 is 0 Å². The summed E-state index contributed by atoms with van der Waals surface area (Å²) in [5.41, 5.74) is 1.24. The third kappa shape index (κ3) is 4.07. The van der Waals surface area contributed by atoms with Crippen LogP contribution in [0.15, 0.2) is 47.2 Å². The molecule has 2 aromatic heterocycles. The first-order chi connectivity index (χ1) is 13.5. The molecule has 1 aliphatic rings. The molecule has 4 rings (SSSR count). The minimum absolute atomic E-state index is 0.00673. The molecule has 1 aliphatic carbocycles. The summed E-state index contributed by atoms with van der Waals surface area (Å²) in [5.74, 6) is -0.157. The second kappa shape index (κ2) is 7.72. The van der Waals surface area contributed by atoms with Gasteiger partial charge in [-0.05, 0) is 19.8 Å². The molecular weight excluding hydrogens is 398 g/mol. The molecule has 1 saturated carbocycles. The fourth-order valence-electron chi connectivity index (χ4n) is 2.68. The van der Waals surface area contributed by atoms with Gasteiger partial charge < -0.3 is 9.88 Å². The number of aromatic nitrogens is 3. The zero-order valence-corrected chi connectivity index (χ0v) is 16.6. The van der Waals surface area contributed by atoms with Gasteiger partial charge in [-0.15, -0.1) is 11.3 Å². The lowest BCUT2D eigenvalue weighted by molar-refractivity contribution is -0.384.